The van der Waals surface area contributed by atoms with Gasteiger partial charge in [-0.3, -0.25) is 0 Å². The van der Waals surface area contributed by atoms with Gasteiger partial charge in [0.15, 0.2) is 0 Å². The van der Waals surface area contributed by atoms with Crippen LogP contribution in [0.1, 0.15) is 28.4 Å². The molecular formula is C11H14BrNO4. The molecule has 0 saturated heterocycles. The Hall–Kier alpha value is -0.950. The predicted molar refractivity (Wildman–Crippen MR) is 65.7 cm³/mol. The van der Waals surface area contributed by atoms with E-state index in [4.69, 9.17) is 10.8 Å². The number of carboxylic acids is 1. The Kier molecular flexibility index (Phi) is 5.07. The smallest absolute Gasteiger partial charge is 0.336 e. The Labute approximate surface area is 107 Å². The molecule has 0 aliphatic carbocycles. The van der Waals surface area contributed by atoms with Gasteiger partial charge in [-0.1, -0.05) is 15.9 Å². The van der Waals surface area contributed by atoms with E-state index in [1.165, 1.54) is 12.1 Å². The van der Waals surface area contributed by atoms with Crippen molar-refractivity contribution in [1.29, 1.82) is 0 Å². The molecule has 0 radical (unpaired) electrons. The zero-order valence-electron chi connectivity index (χ0n) is 9.01. The van der Waals surface area contributed by atoms with Gasteiger partial charge < -0.3 is 21.1 Å². The van der Waals surface area contributed by atoms with Gasteiger partial charge in [0.05, 0.1) is 11.7 Å². The van der Waals surface area contributed by atoms with Crippen molar-refractivity contribution in [3.63, 3.8) is 0 Å². The summed E-state index contributed by atoms with van der Waals surface area (Å²) in [5.41, 5.74) is 5.42. The molecule has 5 N–H and O–H groups in total. The van der Waals surface area contributed by atoms with Crippen LogP contribution < -0.4 is 5.73 Å². The average molecular weight is 304 g/mol. The zero-order chi connectivity index (χ0) is 13.0. The molecule has 0 amide bonds. The van der Waals surface area contributed by atoms with Gasteiger partial charge in [0.25, 0.3) is 0 Å². The van der Waals surface area contributed by atoms with Gasteiger partial charge in [-0.15, -0.1) is 0 Å². The van der Waals surface area contributed by atoms with Crippen LogP contribution >= 0.6 is 15.9 Å². The van der Waals surface area contributed by atoms with Crippen molar-refractivity contribution < 1.29 is 20.1 Å². The van der Waals surface area contributed by atoms with E-state index in [9.17, 15) is 15.0 Å². The fraction of sp³-hybridized carbons (Fsp3) is 0.364. The van der Waals surface area contributed by atoms with Gasteiger partial charge in [-0.05, 0) is 36.7 Å². The van der Waals surface area contributed by atoms with Crippen molar-refractivity contribution in [3.05, 3.63) is 33.8 Å². The van der Waals surface area contributed by atoms with Crippen LogP contribution in [0.5, 0.6) is 0 Å². The molecule has 2 atom stereocenters. The fourth-order valence-corrected chi connectivity index (χ4v) is 1.89. The van der Waals surface area contributed by atoms with E-state index in [2.05, 4.69) is 15.9 Å². The van der Waals surface area contributed by atoms with E-state index in [0.29, 0.717) is 4.47 Å². The monoisotopic (exact) mass is 303 g/mol. The van der Waals surface area contributed by atoms with Crippen LogP contribution in [0, 0.1) is 0 Å². The van der Waals surface area contributed by atoms with Crippen molar-refractivity contribution in [2.24, 2.45) is 5.73 Å². The molecule has 1 rings (SSSR count). The van der Waals surface area contributed by atoms with E-state index in [1.54, 1.807) is 6.07 Å². The quantitative estimate of drug-likeness (QED) is 0.647. The first-order chi connectivity index (χ1) is 7.97. The molecule has 0 fully saturated rings. The molecular weight excluding hydrogens is 290 g/mol. The minimum absolute atomic E-state index is 0.0308. The standard InChI is InChI=1S/C11H14BrNO4/c12-6-1-2-7(11(16)17)8(5-6)10(15)9(14)3-4-13/h1-2,5,9-10,14-15H,3-4,13H2,(H,16,17). The first-order valence-electron chi connectivity index (χ1n) is 5.06. The molecule has 0 aromatic heterocycles. The predicted octanol–water partition coefficient (Wildman–Crippen LogP) is 0.890. The third-order valence-corrected chi connectivity index (χ3v) is 2.88. The summed E-state index contributed by atoms with van der Waals surface area (Å²) in [6.07, 6.45) is -2.14. The van der Waals surface area contributed by atoms with Gasteiger partial charge in [0, 0.05) is 4.47 Å². The maximum absolute atomic E-state index is 11.0. The lowest BCUT2D eigenvalue weighted by Gasteiger charge is -2.19. The van der Waals surface area contributed by atoms with Crippen LogP contribution in [0.4, 0.5) is 0 Å². The fourth-order valence-electron chi connectivity index (χ4n) is 1.51. The molecule has 6 heteroatoms. The maximum Gasteiger partial charge on any atom is 0.336 e. The summed E-state index contributed by atoms with van der Waals surface area (Å²) in [6.45, 7) is 0.217. The van der Waals surface area contributed by atoms with Gasteiger partial charge in [-0.25, -0.2) is 4.79 Å². The van der Waals surface area contributed by atoms with Crippen LogP contribution in [0.3, 0.4) is 0 Å². The van der Waals surface area contributed by atoms with Crippen LogP contribution in [-0.2, 0) is 0 Å². The number of carbonyl (C=O) groups is 1. The molecule has 17 heavy (non-hydrogen) atoms. The van der Waals surface area contributed by atoms with E-state index < -0.39 is 18.2 Å². The van der Waals surface area contributed by atoms with Gasteiger partial charge in [-0.2, -0.15) is 0 Å². The SMILES string of the molecule is NCCC(O)C(O)c1cc(Br)ccc1C(=O)O. The number of halogens is 1. The molecule has 0 spiro atoms. The summed E-state index contributed by atoms with van der Waals surface area (Å²) in [5, 5.41) is 28.5. The number of aromatic carboxylic acids is 1. The first-order valence-corrected chi connectivity index (χ1v) is 5.85. The van der Waals surface area contributed by atoms with Gasteiger partial charge in [0.2, 0.25) is 0 Å². The summed E-state index contributed by atoms with van der Waals surface area (Å²) in [5.74, 6) is -1.15. The summed E-state index contributed by atoms with van der Waals surface area (Å²) >= 11 is 3.19. The number of hydrogen-bond donors (Lipinski definition) is 4. The number of carboxylic acid groups (broad SMARTS) is 1. The van der Waals surface area contributed by atoms with E-state index in [0.717, 1.165) is 0 Å². The molecule has 0 heterocycles. The summed E-state index contributed by atoms with van der Waals surface area (Å²) in [4.78, 5) is 11.0. The number of nitrogens with two attached hydrogens (primary N) is 1. The molecule has 0 aliphatic heterocycles. The third kappa shape index (κ3) is 3.50. The Bertz CT molecular complexity index is 410. The highest BCUT2D eigenvalue weighted by Crippen LogP contribution is 2.26. The minimum Gasteiger partial charge on any atom is -0.478 e. The Morgan fingerprint density at radius 1 is 1.41 bits per heavy atom. The topological polar surface area (TPSA) is 104 Å². The largest absolute Gasteiger partial charge is 0.478 e. The maximum atomic E-state index is 11.0. The molecule has 5 nitrogen and oxygen atoms in total. The highest BCUT2D eigenvalue weighted by Gasteiger charge is 2.23. The van der Waals surface area contributed by atoms with Crippen LogP contribution in [0.15, 0.2) is 22.7 Å². The van der Waals surface area contributed by atoms with E-state index in [-0.39, 0.29) is 24.1 Å². The lowest BCUT2D eigenvalue weighted by molar-refractivity contribution is 0.0140. The highest BCUT2D eigenvalue weighted by molar-refractivity contribution is 9.10. The van der Waals surface area contributed by atoms with Gasteiger partial charge in [0.1, 0.15) is 6.10 Å². The van der Waals surface area contributed by atoms with Crippen LogP contribution in [0.25, 0.3) is 0 Å². The molecule has 1 aromatic rings. The second-order valence-corrected chi connectivity index (χ2v) is 4.54. The lowest BCUT2D eigenvalue weighted by atomic mass is 9.97. The summed E-state index contributed by atoms with van der Waals surface area (Å²) < 4.78 is 0.636. The van der Waals surface area contributed by atoms with E-state index in [1.807, 2.05) is 0 Å². The number of aliphatic hydroxyl groups excluding tert-OH is 2. The molecule has 94 valence electrons. The molecule has 0 bridgehead atoms. The van der Waals surface area contributed by atoms with Crippen molar-refractivity contribution >= 4 is 21.9 Å². The number of rotatable bonds is 5. The lowest BCUT2D eigenvalue weighted by Crippen LogP contribution is -2.23. The van der Waals surface area contributed by atoms with Crippen LogP contribution in [-0.4, -0.2) is 33.9 Å². The van der Waals surface area contributed by atoms with Crippen molar-refractivity contribution in [2.75, 3.05) is 6.54 Å². The van der Waals surface area contributed by atoms with E-state index >= 15 is 0 Å². The zero-order valence-corrected chi connectivity index (χ0v) is 10.6. The third-order valence-electron chi connectivity index (χ3n) is 2.39. The molecule has 0 saturated carbocycles. The van der Waals surface area contributed by atoms with Crippen molar-refractivity contribution in [2.45, 2.75) is 18.6 Å². The highest BCUT2D eigenvalue weighted by atomic mass is 79.9. The number of benzene rings is 1. The molecule has 1 aromatic carbocycles. The Balaban J connectivity index is 3.10. The van der Waals surface area contributed by atoms with Gasteiger partial charge >= 0.3 is 5.97 Å². The summed E-state index contributed by atoms with van der Waals surface area (Å²) in [7, 11) is 0. The Morgan fingerprint density at radius 2 is 2.06 bits per heavy atom. The van der Waals surface area contributed by atoms with Crippen molar-refractivity contribution in [1.82, 2.24) is 0 Å². The number of aliphatic hydroxyl groups is 2. The first kappa shape index (κ1) is 14.1. The van der Waals surface area contributed by atoms with Crippen molar-refractivity contribution in [3.8, 4) is 0 Å². The Morgan fingerprint density at radius 3 is 2.59 bits per heavy atom. The average Bonchev–Trinajstić information content (AvgIpc) is 2.27. The van der Waals surface area contributed by atoms with Crippen LogP contribution in [0.2, 0.25) is 0 Å². The summed E-state index contributed by atoms with van der Waals surface area (Å²) in [6, 6.07) is 4.42. The molecule has 2 unspecified atom stereocenters. The number of hydrogen-bond acceptors (Lipinski definition) is 4. The normalized spacial score (nSPS) is 14.4. The second kappa shape index (κ2) is 6.11. The molecule has 0 aliphatic rings. The minimum atomic E-state index is -1.26. The second-order valence-electron chi connectivity index (χ2n) is 3.63.